The molecule has 6 heterocycles. The van der Waals surface area contributed by atoms with Crippen molar-refractivity contribution in [2.75, 3.05) is 41.5 Å². The molecule has 2 saturated heterocycles. The quantitative estimate of drug-likeness (QED) is 0.108. The average Bonchev–Trinajstić information content (AvgIpc) is 4.21. The molecule has 2 aliphatic heterocycles. The van der Waals surface area contributed by atoms with E-state index < -0.39 is 11.9 Å². The molecule has 21 heteroatoms. The van der Waals surface area contributed by atoms with Crippen LogP contribution in [0.15, 0.2) is 102 Å². The van der Waals surface area contributed by atoms with Gasteiger partial charge in [0.25, 0.3) is 11.8 Å². The molecule has 3 fully saturated rings. The number of hydrogen-bond donors (Lipinski definition) is 1. The van der Waals surface area contributed by atoms with E-state index in [1.54, 1.807) is 52.8 Å². The summed E-state index contributed by atoms with van der Waals surface area (Å²) in [6, 6.07) is 18.4. The summed E-state index contributed by atoms with van der Waals surface area (Å²) in [5.41, 5.74) is 2.82. The summed E-state index contributed by atoms with van der Waals surface area (Å²) >= 11 is 3.30. The van der Waals surface area contributed by atoms with E-state index in [4.69, 9.17) is 23.7 Å². The maximum Gasteiger partial charge on any atom is 0.341 e. The van der Waals surface area contributed by atoms with Gasteiger partial charge in [-0.2, -0.15) is 30.0 Å². The van der Waals surface area contributed by atoms with E-state index in [0.29, 0.717) is 57.3 Å². The molecule has 1 N–H and O–H groups in total. The van der Waals surface area contributed by atoms with Crippen molar-refractivity contribution in [1.29, 1.82) is 0 Å². The average molecular weight is 1090 g/mol. The van der Waals surface area contributed by atoms with Crippen molar-refractivity contribution < 1.29 is 42.9 Å². The van der Waals surface area contributed by atoms with Crippen LogP contribution < -0.4 is 19.5 Å². The number of benzene rings is 2. The number of aromatic nitrogens is 8. The summed E-state index contributed by atoms with van der Waals surface area (Å²) in [5.74, 6) is 0.565. The summed E-state index contributed by atoms with van der Waals surface area (Å²) in [6.07, 6.45) is 18.8. The first kappa shape index (κ1) is 55.5. The fourth-order valence-corrected chi connectivity index (χ4v) is 10.0. The number of carbonyl (C=O) groups excluding carboxylic acids is 4. The van der Waals surface area contributed by atoms with Crippen LogP contribution in [0.5, 0.6) is 17.5 Å². The van der Waals surface area contributed by atoms with Crippen LogP contribution in [0.3, 0.4) is 0 Å². The summed E-state index contributed by atoms with van der Waals surface area (Å²) in [6.45, 7) is 7.12. The molecule has 2 amide bonds. The Labute approximate surface area is 445 Å². The summed E-state index contributed by atoms with van der Waals surface area (Å²) < 4.78 is 27.4. The van der Waals surface area contributed by atoms with E-state index in [9.17, 15) is 19.2 Å². The van der Waals surface area contributed by atoms with Gasteiger partial charge in [0, 0.05) is 36.5 Å². The number of nitrogens with zero attached hydrogens (tertiary/aromatic N) is 10. The van der Waals surface area contributed by atoms with Crippen LogP contribution in [0, 0.1) is 5.92 Å². The van der Waals surface area contributed by atoms with Gasteiger partial charge in [-0.05, 0) is 106 Å². The Balaban J connectivity index is 0.000000185. The fraction of sp³-hybridized carbons (Fsp3) is 0.444. The molecule has 3 aliphatic rings. The SMILES string of the molecule is CCC1CCCCC1NC.COC(=O)c1cc(O[C@@H]2CC[C@@H](C)N(C(=O)c3ccccc3-n3nccn3)C2)ncc1Br.COC(=O)c1cc(O[C@@H]2CC[C@@H](C)N(C(=O)c3ccccc3-n3nccn3)C2)ncc1OC. The lowest BCUT2D eigenvalue weighted by molar-refractivity contribution is 0.0368. The standard InChI is InChI=1S/C23H25N5O5.C22H22BrN5O4.C9H19N/c1-15-8-9-16(33-21-12-18(23(30)32-3)20(31-2)13-24-21)14-27(15)22(29)17-6-4-5-7-19(17)28-25-10-11-26-28;1-14-7-8-15(32-20-11-17(22(30)31-2)18(23)12-24-20)13-27(14)21(29)16-5-3-4-6-19(16)28-25-9-10-26-28;1-3-8-6-4-5-7-9(8)10-2/h4-7,10-13,15-16H,8-9,14H2,1-3H3;3-6,9-12,14-15H,7-8,13H2,1-2H3;8-10H,3-7H2,1-2H3/t15-,16-;14-,15-;/m11./s1. The van der Waals surface area contributed by atoms with E-state index in [-0.39, 0.29) is 47.5 Å². The van der Waals surface area contributed by atoms with Crippen molar-refractivity contribution in [2.24, 2.45) is 5.92 Å². The molecule has 2 unspecified atom stereocenters. The minimum absolute atomic E-state index is 0.0328. The molecule has 9 rings (SSSR count). The Bertz CT molecular complexity index is 2820. The number of para-hydroxylation sites is 2. The smallest absolute Gasteiger partial charge is 0.341 e. The third kappa shape index (κ3) is 13.9. The third-order valence-electron chi connectivity index (χ3n) is 13.8. The lowest BCUT2D eigenvalue weighted by Gasteiger charge is -2.38. The van der Waals surface area contributed by atoms with E-state index >= 15 is 0 Å². The minimum Gasteiger partial charge on any atom is -0.494 e. The normalized spacial score (nSPS) is 20.3. The van der Waals surface area contributed by atoms with Crippen LogP contribution in [0.4, 0.5) is 0 Å². The number of nitrogens with one attached hydrogen (secondary N) is 1. The molecule has 398 valence electrons. The van der Waals surface area contributed by atoms with Crippen LogP contribution in [0.25, 0.3) is 11.4 Å². The summed E-state index contributed by atoms with van der Waals surface area (Å²) in [5, 5.41) is 20.1. The second-order valence-corrected chi connectivity index (χ2v) is 19.3. The lowest BCUT2D eigenvalue weighted by Crippen LogP contribution is -2.49. The first-order chi connectivity index (χ1) is 36.4. The molecule has 2 aromatic carbocycles. The van der Waals surface area contributed by atoms with Crippen molar-refractivity contribution in [3.8, 4) is 28.9 Å². The van der Waals surface area contributed by atoms with Crippen molar-refractivity contribution in [3.63, 3.8) is 0 Å². The zero-order valence-electron chi connectivity index (χ0n) is 43.5. The van der Waals surface area contributed by atoms with Crippen LogP contribution in [-0.2, 0) is 9.47 Å². The van der Waals surface area contributed by atoms with Gasteiger partial charge in [-0.15, -0.1) is 0 Å². The highest BCUT2D eigenvalue weighted by Crippen LogP contribution is 2.30. The van der Waals surface area contributed by atoms with Crippen LogP contribution in [0.2, 0.25) is 0 Å². The second kappa shape index (κ2) is 26.8. The molecule has 6 aromatic rings. The Morgan fingerprint density at radius 2 is 1.09 bits per heavy atom. The zero-order chi connectivity index (χ0) is 53.4. The second-order valence-electron chi connectivity index (χ2n) is 18.5. The fourth-order valence-electron chi connectivity index (χ4n) is 9.64. The van der Waals surface area contributed by atoms with Gasteiger partial charge in [-0.25, -0.2) is 19.6 Å². The van der Waals surface area contributed by atoms with Crippen molar-refractivity contribution in [1.82, 2.24) is 55.1 Å². The van der Waals surface area contributed by atoms with Gasteiger partial charge in [-0.1, -0.05) is 50.5 Å². The predicted octanol–water partition coefficient (Wildman–Crippen LogP) is 7.99. The molecule has 20 nitrogen and oxygen atoms in total. The Hall–Kier alpha value is -7.26. The minimum atomic E-state index is -0.544. The maximum absolute atomic E-state index is 13.5. The number of carbonyl (C=O) groups is 4. The Morgan fingerprint density at radius 3 is 1.56 bits per heavy atom. The van der Waals surface area contributed by atoms with Gasteiger partial charge in [0.15, 0.2) is 5.75 Å². The van der Waals surface area contributed by atoms with Crippen LogP contribution in [-0.4, -0.2) is 145 Å². The predicted molar refractivity (Wildman–Crippen MR) is 282 cm³/mol. The number of esters is 2. The number of halogens is 1. The van der Waals surface area contributed by atoms with E-state index in [1.165, 1.54) is 81.5 Å². The number of hydrogen-bond acceptors (Lipinski definition) is 16. The van der Waals surface area contributed by atoms with E-state index in [0.717, 1.165) is 37.6 Å². The van der Waals surface area contributed by atoms with Crippen LogP contribution >= 0.6 is 15.9 Å². The molecule has 6 atom stereocenters. The molecule has 75 heavy (non-hydrogen) atoms. The number of pyridine rings is 2. The van der Waals surface area contributed by atoms with Crippen molar-refractivity contribution >= 4 is 39.7 Å². The number of piperidine rings is 2. The monoisotopic (exact) mass is 1090 g/mol. The number of amides is 2. The first-order valence-electron chi connectivity index (χ1n) is 25.3. The Kier molecular flexibility index (Phi) is 19.8. The molecule has 0 spiro atoms. The number of likely N-dealkylation sites (tertiary alicyclic amines) is 2. The molecule has 4 aromatic heterocycles. The Morgan fingerprint density at radius 1 is 0.627 bits per heavy atom. The highest BCUT2D eigenvalue weighted by atomic mass is 79.9. The number of rotatable bonds is 13. The van der Waals surface area contributed by atoms with Gasteiger partial charge in [-0.3, -0.25) is 9.59 Å². The molecule has 1 saturated carbocycles. The number of methoxy groups -OCH3 is 3. The largest absolute Gasteiger partial charge is 0.494 e. The zero-order valence-corrected chi connectivity index (χ0v) is 45.1. The van der Waals surface area contributed by atoms with Gasteiger partial charge in [0.2, 0.25) is 11.8 Å². The van der Waals surface area contributed by atoms with E-state index in [1.807, 2.05) is 50.2 Å². The van der Waals surface area contributed by atoms with Crippen molar-refractivity contribution in [2.45, 2.75) is 109 Å². The summed E-state index contributed by atoms with van der Waals surface area (Å²) in [7, 11) is 6.16. The topological polar surface area (TPSA) is 220 Å². The first-order valence-corrected chi connectivity index (χ1v) is 26.1. The molecular weight excluding hydrogens is 1030 g/mol. The van der Waals surface area contributed by atoms with Gasteiger partial charge < -0.3 is 38.8 Å². The van der Waals surface area contributed by atoms with Gasteiger partial charge in [0.1, 0.15) is 17.8 Å². The molecular formula is C54H66BrN11O9. The van der Waals surface area contributed by atoms with Crippen molar-refractivity contribution in [3.05, 3.63) is 125 Å². The van der Waals surface area contributed by atoms with Crippen LogP contribution in [0.1, 0.15) is 120 Å². The number of ether oxygens (including phenoxy) is 5. The van der Waals surface area contributed by atoms with Gasteiger partial charge in [0.05, 0.1) is 97.9 Å². The van der Waals surface area contributed by atoms with Gasteiger partial charge >= 0.3 is 11.9 Å². The van der Waals surface area contributed by atoms with E-state index in [2.05, 4.69) is 65.6 Å². The molecule has 0 radical (unpaired) electrons. The summed E-state index contributed by atoms with van der Waals surface area (Å²) in [4.78, 5) is 65.9. The molecule has 1 aliphatic carbocycles. The maximum atomic E-state index is 13.5. The molecule has 0 bridgehead atoms. The highest BCUT2D eigenvalue weighted by Gasteiger charge is 2.34. The highest BCUT2D eigenvalue weighted by molar-refractivity contribution is 9.10. The third-order valence-corrected chi connectivity index (χ3v) is 14.5. The lowest BCUT2D eigenvalue weighted by atomic mass is 9.83.